The maximum Gasteiger partial charge on any atom is 0.132 e. The molecule has 1 saturated carbocycles. The Balaban J connectivity index is 1.47. The van der Waals surface area contributed by atoms with E-state index in [9.17, 15) is 0 Å². The highest BCUT2D eigenvalue weighted by Crippen LogP contribution is 2.25. The first kappa shape index (κ1) is 11.9. The molecule has 1 heterocycles. The van der Waals surface area contributed by atoms with Crippen LogP contribution in [0.5, 0.6) is 0 Å². The summed E-state index contributed by atoms with van der Waals surface area (Å²) in [7, 11) is 0. The summed E-state index contributed by atoms with van der Waals surface area (Å²) in [4.78, 5) is 8.67. The van der Waals surface area contributed by atoms with Crippen LogP contribution in [0.25, 0.3) is 0 Å². The molecule has 1 fully saturated rings. The van der Waals surface area contributed by atoms with E-state index >= 15 is 0 Å². The van der Waals surface area contributed by atoms with Gasteiger partial charge in [0.05, 0.1) is 12.7 Å². The van der Waals surface area contributed by atoms with Crippen molar-refractivity contribution >= 4 is 5.82 Å². The normalized spacial score (nSPS) is 19.1. The molecule has 4 nitrogen and oxygen atoms in total. The van der Waals surface area contributed by atoms with E-state index in [1.54, 1.807) is 6.33 Å². The fraction of sp³-hybridized carbons (Fsp3) is 0.714. The van der Waals surface area contributed by atoms with Crippen LogP contribution in [0.4, 0.5) is 5.82 Å². The van der Waals surface area contributed by atoms with Gasteiger partial charge < -0.3 is 10.1 Å². The zero-order chi connectivity index (χ0) is 12.2. The number of hydrogen-bond acceptors (Lipinski definition) is 4. The van der Waals surface area contributed by atoms with Gasteiger partial charge in [0.1, 0.15) is 12.1 Å². The Morgan fingerprint density at radius 2 is 2.06 bits per heavy atom. The molecule has 1 N–H and O–H groups in total. The minimum atomic E-state index is 0.503. The number of aryl methyl sites for hydroxylation is 1. The molecule has 0 spiro atoms. The molecule has 4 heteroatoms. The van der Waals surface area contributed by atoms with Crippen LogP contribution in [-0.2, 0) is 17.6 Å². The van der Waals surface area contributed by atoms with Crippen molar-refractivity contribution in [3.63, 3.8) is 0 Å². The summed E-state index contributed by atoms with van der Waals surface area (Å²) in [6.45, 7) is 1.63. The molecule has 2 aliphatic carbocycles. The average Bonchev–Trinajstić information content (AvgIpc) is 3.05. The van der Waals surface area contributed by atoms with Gasteiger partial charge in [-0.1, -0.05) is 12.8 Å². The monoisotopic (exact) mass is 247 g/mol. The van der Waals surface area contributed by atoms with Gasteiger partial charge in [0.25, 0.3) is 0 Å². The second-order valence-corrected chi connectivity index (χ2v) is 5.21. The zero-order valence-electron chi connectivity index (χ0n) is 10.8. The number of ether oxygens (including phenoxy) is 1. The van der Waals surface area contributed by atoms with Crippen LogP contribution in [0.2, 0.25) is 0 Å². The van der Waals surface area contributed by atoms with Crippen LogP contribution in [-0.4, -0.2) is 29.2 Å². The number of nitrogens with zero attached hydrogens (tertiary/aromatic N) is 2. The topological polar surface area (TPSA) is 47.0 Å². The summed E-state index contributed by atoms with van der Waals surface area (Å²) in [5.74, 6) is 1.02. The largest absolute Gasteiger partial charge is 0.376 e. The Hall–Kier alpha value is -1.16. The lowest BCUT2D eigenvalue weighted by atomic mass is 10.2. The second kappa shape index (κ2) is 5.65. The fourth-order valence-electron chi connectivity index (χ4n) is 2.96. The molecule has 98 valence electrons. The van der Waals surface area contributed by atoms with E-state index in [-0.39, 0.29) is 0 Å². The molecule has 0 unspecified atom stereocenters. The highest BCUT2D eigenvalue weighted by atomic mass is 16.5. The van der Waals surface area contributed by atoms with Crippen LogP contribution in [0, 0.1) is 0 Å². The Labute approximate surface area is 108 Å². The summed E-state index contributed by atoms with van der Waals surface area (Å²) in [5.41, 5.74) is 2.54. The molecular weight excluding hydrogens is 226 g/mol. The first-order valence-electron chi connectivity index (χ1n) is 7.12. The standard InChI is InChI=1S/C14H21N3O/c1-2-5-11(4-1)18-9-8-15-14-12-6-3-7-13(12)16-10-17-14/h10-11H,1-9H2,(H,15,16,17). The van der Waals surface area contributed by atoms with Crippen molar-refractivity contribution in [1.82, 2.24) is 9.97 Å². The van der Waals surface area contributed by atoms with Gasteiger partial charge in [0.15, 0.2) is 0 Å². The fourth-order valence-corrected chi connectivity index (χ4v) is 2.96. The minimum Gasteiger partial charge on any atom is -0.376 e. The van der Waals surface area contributed by atoms with Crippen molar-refractivity contribution in [1.29, 1.82) is 0 Å². The molecule has 0 bridgehead atoms. The third-order valence-corrected chi connectivity index (χ3v) is 3.93. The summed E-state index contributed by atoms with van der Waals surface area (Å²) in [6.07, 6.45) is 10.7. The molecule has 2 aliphatic rings. The number of aromatic nitrogens is 2. The number of rotatable bonds is 5. The summed E-state index contributed by atoms with van der Waals surface area (Å²) >= 11 is 0. The Morgan fingerprint density at radius 1 is 1.17 bits per heavy atom. The predicted octanol–water partition coefficient (Wildman–Crippen LogP) is 2.34. The second-order valence-electron chi connectivity index (χ2n) is 5.21. The Morgan fingerprint density at radius 3 is 2.94 bits per heavy atom. The van der Waals surface area contributed by atoms with Gasteiger partial charge in [0.2, 0.25) is 0 Å². The van der Waals surface area contributed by atoms with E-state index in [1.807, 2.05) is 0 Å². The molecule has 1 aromatic rings. The van der Waals surface area contributed by atoms with E-state index in [1.165, 1.54) is 43.4 Å². The van der Waals surface area contributed by atoms with Crippen LogP contribution < -0.4 is 5.32 Å². The molecule has 1 aromatic heterocycles. The van der Waals surface area contributed by atoms with Gasteiger partial charge >= 0.3 is 0 Å². The van der Waals surface area contributed by atoms with Crippen LogP contribution in [0.1, 0.15) is 43.4 Å². The lowest BCUT2D eigenvalue weighted by Gasteiger charge is -2.13. The first-order chi connectivity index (χ1) is 8.93. The summed E-state index contributed by atoms with van der Waals surface area (Å²) in [5, 5.41) is 3.39. The minimum absolute atomic E-state index is 0.503. The summed E-state index contributed by atoms with van der Waals surface area (Å²) < 4.78 is 5.84. The van der Waals surface area contributed by atoms with Gasteiger partial charge in [0, 0.05) is 17.8 Å². The van der Waals surface area contributed by atoms with Crippen molar-refractivity contribution < 1.29 is 4.74 Å². The van der Waals surface area contributed by atoms with Crippen LogP contribution >= 0.6 is 0 Å². The Bertz CT molecular complexity index is 402. The molecule has 0 radical (unpaired) electrons. The number of fused-ring (bicyclic) bond motifs is 1. The smallest absolute Gasteiger partial charge is 0.132 e. The van der Waals surface area contributed by atoms with Gasteiger partial charge in [-0.05, 0) is 32.1 Å². The highest BCUT2D eigenvalue weighted by molar-refractivity contribution is 5.47. The molecule has 18 heavy (non-hydrogen) atoms. The van der Waals surface area contributed by atoms with E-state index < -0.39 is 0 Å². The zero-order valence-corrected chi connectivity index (χ0v) is 10.8. The molecule has 0 amide bonds. The molecule has 0 aromatic carbocycles. The third-order valence-electron chi connectivity index (χ3n) is 3.93. The number of nitrogens with one attached hydrogen (secondary N) is 1. The predicted molar refractivity (Wildman–Crippen MR) is 70.8 cm³/mol. The SMILES string of the molecule is c1nc2c(c(NCCOC3CCCC3)n1)CCC2. The van der Waals surface area contributed by atoms with Gasteiger partial charge in [-0.2, -0.15) is 0 Å². The van der Waals surface area contributed by atoms with Crippen molar-refractivity contribution in [3.8, 4) is 0 Å². The van der Waals surface area contributed by atoms with Crippen molar-refractivity contribution in [2.45, 2.75) is 51.0 Å². The van der Waals surface area contributed by atoms with Gasteiger partial charge in [-0.15, -0.1) is 0 Å². The van der Waals surface area contributed by atoms with Crippen molar-refractivity contribution in [2.24, 2.45) is 0 Å². The quantitative estimate of drug-likeness (QED) is 0.811. The average molecular weight is 247 g/mol. The molecule has 0 atom stereocenters. The number of anilines is 1. The third kappa shape index (κ3) is 2.64. The lowest BCUT2D eigenvalue weighted by Crippen LogP contribution is -2.16. The molecule has 0 aliphatic heterocycles. The molecule has 0 saturated heterocycles. The van der Waals surface area contributed by atoms with Crippen molar-refractivity contribution in [2.75, 3.05) is 18.5 Å². The van der Waals surface area contributed by atoms with Crippen LogP contribution in [0.3, 0.4) is 0 Å². The van der Waals surface area contributed by atoms with E-state index in [4.69, 9.17) is 4.74 Å². The van der Waals surface area contributed by atoms with Crippen LogP contribution in [0.15, 0.2) is 6.33 Å². The highest BCUT2D eigenvalue weighted by Gasteiger charge is 2.17. The van der Waals surface area contributed by atoms with E-state index in [0.717, 1.165) is 31.8 Å². The maximum absolute atomic E-state index is 5.84. The first-order valence-corrected chi connectivity index (χ1v) is 7.12. The van der Waals surface area contributed by atoms with Gasteiger partial charge in [-0.3, -0.25) is 0 Å². The Kier molecular flexibility index (Phi) is 3.74. The van der Waals surface area contributed by atoms with E-state index in [2.05, 4.69) is 15.3 Å². The molecule has 3 rings (SSSR count). The number of hydrogen-bond donors (Lipinski definition) is 1. The lowest BCUT2D eigenvalue weighted by molar-refractivity contribution is 0.0658. The summed E-state index contributed by atoms with van der Waals surface area (Å²) in [6, 6.07) is 0. The van der Waals surface area contributed by atoms with E-state index in [0.29, 0.717) is 6.10 Å². The molecular formula is C14H21N3O. The van der Waals surface area contributed by atoms with Gasteiger partial charge in [-0.25, -0.2) is 9.97 Å². The maximum atomic E-state index is 5.84. The van der Waals surface area contributed by atoms with Crippen molar-refractivity contribution in [3.05, 3.63) is 17.6 Å².